The first-order valence-corrected chi connectivity index (χ1v) is 7.24. The van der Waals surface area contributed by atoms with Crippen molar-refractivity contribution in [3.05, 3.63) is 35.1 Å². The van der Waals surface area contributed by atoms with Crippen molar-refractivity contribution in [3.63, 3.8) is 0 Å². The minimum Gasteiger partial charge on any atom is -0.389 e. The third-order valence-electron chi connectivity index (χ3n) is 3.79. The third-order valence-corrected chi connectivity index (χ3v) is 4.02. The van der Waals surface area contributed by atoms with Gasteiger partial charge in [-0.1, -0.05) is 19.1 Å². The summed E-state index contributed by atoms with van der Waals surface area (Å²) in [5.41, 5.74) is 6.67. The fourth-order valence-electron chi connectivity index (χ4n) is 2.40. The van der Waals surface area contributed by atoms with E-state index >= 15 is 0 Å². The van der Waals surface area contributed by atoms with Crippen LogP contribution in [0, 0.1) is 11.7 Å². The van der Waals surface area contributed by atoms with Gasteiger partial charge in [0.2, 0.25) is 5.91 Å². The predicted octanol–water partition coefficient (Wildman–Crippen LogP) is 2.61. The monoisotopic (exact) mass is 294 g/mol. The average Bonchev–Trinajstić information content (AvgIpc) is 2.56. The van der Waals surface area contributed by atoms with Crippen molar-refractivity contribution >= 4 is 23.1 Å². The van der Waals surface area contributed by atoms with Crippen molar-refractivity contribution in [1.29, 1.82) is 0 Å². The van der Waals surface area contributed by atoms with Gasteiger partial charge in [-0.15, -0.1) is 0 Å². The van der Waals surface area contributed by atoms with E-state index in [9.17, 15) is 9.18 Å². The second kappa shape index (κ2) is 6.31. The second-order valence-electron chi connectivity index (χ2n) is 5.42. The number of halogens is 1. The highest BCUT2D eigenvalue weighted by molar-refractivity contribution is 7.80. The lowest BCUT2D eigenvalue weighted by Gasteiger charge is -2.21. The van der Waals surface area contributed by atoms with Crippen LogP contribution >= 0.6 is 12.2 Å². The molecule has 108 valence electrons. The zero-order valence-corrected chi connectivity index (χ0v) is 12.4. The Morgan fingerprint density at radius 2 is 2.25 bits per heavy atom. The molecule has 0 bridgehead atoms. The zero-order chi connectivity index (χ0) is 14.7. The van der Waals surface area contributed by atoms with Gasteiger partial charge in [-0.2, -0.15) is 0 Å². The maximum absolute atomic E-state index is 13.9. The Morgan fingerprint density at radius 3 is 2.95 bits per heavy atom. The quantitative estimate of drug-likeness (QED) is 0.872. The van der Waals surface area contributed by atoms with Crippen LogP contribution in [0.25, 0.3) is 0 Å². The summed E-state index contributed by atoms with van der Waals surface area (Å²) >= 11 is 4.90. The van der Waals surface area contributed by atoms with Crippen LogP contribution in [0.5, 0.6) is 0 Å². The fraction of sp³-hybridized carbons (Fsp3) is 0.467. The average molecular weight is 294 g/mol. The summed E-state index contributed by atoms with van der Waals surface area (Å²) in [5.74, 6) is 0.307. The van der Waals surface area contributed by atoms with E-state index in [0.29, 0.717) is 30.0 Å². The van der Waals surface area contributed by atoms with Gasteiger partial charge >= 0.3 is 0 Å². The summed E-state index contributed by atoms with van der Waals surface area (Å²) in [5, 5.41) is 0. The molecule has 1 fully saturated rings. The molecule has 1 atom stereocenters. The van der Waals surface area contributed by atoms with Crippen molar-refractivity contribution in [2.45, 2.75) is 32.7 Å². The summed E-state index contributed by atoms with van der Waals surface area (Å²) in [6.45, 7) is 3.11. The highest BCUT2D eigenvalue weighted by Crippen LogP contribution is 2.20. The number of hydrogen-bond acceptors (Lipinski definition) is 2. The van der Waals surface area contributed by atoms with Crippen molar-refractivity contribution < 1.29 is 9.18 Å². The van der Waals surface area contributed by atoms with Gasteiger partial charge < -0.3 is 10.6 Å². The molecular formula is C15H19FN2OS. The maximum atomic E-state index is 13.9. The van der Waals surface area contributed by atoms with Crippen LogP contribution in [-0.2, 0) is 11.3 Å². The smallest absolute Gasteiger partial charge is 0.222 e. The zero-order valence-electron chi connectivity index (χ0n) is 11.6. The van der Waals surface area contributed by atoms with Crippen LogP contribution in [0.3, 0.4) is 0 Å². The Bertz CT molecular complexity index is 533. The summed E-state index contributed by atoms with van der Waals surface area (Å²) in [4.78, 5) is 14.0. The van der Waals surface area contributed by atoms with Crippen LogP contribution < -0.4 is 5.73 Å². The molecule has 1 aromatic rings. The van der Waals surface area contributed by atoms with Crippen molar-refractivity contribution in [2.75, 3.05) is 6.54 Å². The van der Waals surface area contributed by atoms with E-state index in [1.807, 2.05) is 0 Å². The fourth-order valence-corrected chi connectivity index (χ4v) is 2.52. The molecule has 1 unspecified atom stereocenters. The van der Waals surface area contributed by atoms with E-state index < -0.39 is 0 Å². The largest absolute Gasteiger partial charge is 0.389 e. The van der Waals surface area contributed by atoms with Crippen molar-refractivity contribution in [1.82, 2.24) is 4.90 Å². The summed E-state index contributed by atoms with van der Waals surface area (Å²) < 4.78 is 13.9. The molecule has 0 aromatic heterocycles. The predicted molar refractivity (Wildman–Crippen MR) is 80.7 cm³/mol. The van der Waals surface area contributed by atoms with Gasteiger partial charge in [-0.05, 0) is 37.0 Å². The summed E-state index contributed by atoms with van der Waals surface area (Å²) in [6, 6.07) is 4.56. The van der Waals surface area contributed by atoms with Gasteiger partial charge in [0.05, 0.1) is 0 Å². The molecule has 0 radical (unpaired) electrons. The minimum absolute atomic E-state index is 0.0921. The number of hydrogen-bond donors (Lipinski definition) is 1. The van der Waals surface area contributed by atoms with E-state index in [0.717, 1.165) is 12.8 Å². The van der Waals surface area contributed by atoms with E-state index in [1.165, 1.54) is 6.07 Å². The molecule has 2 rings (SSSR count). The molecule has 1 aromatic carbocycles. The van der Waals surface area contributed by atoms with Gasteiger partial charge in [0, 0.05) is 30.6 Å². The molecule has 2 N–H and O–H groups in total. The number of rotatable bonds is 3. The maximum Gasteiger partial charge on any atom is 0.222 e. The van der Waals surface area contributed by atoms with E-state index in [1.54, 1.807) is 17.0 Å². The van der Waals surface area contributed by atoms with Gasteiger partial charge in [0.25, 0.3) is 0 Å². The Kier molecular flexibility index (Phi) is 4.70. The molecule has 1 aliphatic heterocycles. The number of nitrogens with two attached hydrogens (primary N) is 1. The molecule has 1 saturated heterocycles. The Hall–Kier alpha value is -1.49. The van der Waals surface area contributed by atoms with Crippen LogP contribution in [0.1, 0.15) is 37.3 Å². The van der Waals surface area contributed by atoms with Crippen LogP contribution in [-0.4, -0.2) is 22.3 Å². The molecule has 3 nitrogen and oxygen atoms in total. The van der Waals surface area contributed by atoms with Gasteiger partial charge in [0.1, 0.15) is 10.8 Å². The molecule has 1 aliphatic rings. The van der Waals surface area contributed by atoms with E-state index in [-0.39, 0.29) is 23.3 Å². The molecule has 0 aliphatic carbocycles. The molecule has 0 saturated carbocycles. The first-order valence-electron chi connectivity index (χ1n) is 6.83. The second-order valence-corrected chi connectivity index (χ2v) is 5.86. The van der Waals surface area contributed by atoms with Crippen LogP contribution in [0.4, 0.5) is 4.39 Å². The number of carbonyl (C=O) groups is 1. The van der Waals surface area contributed by atoms with Crippen molar-refractivity contribution in [2.24, 2.45) is 11.7 Å². The number of benzene rings is 1. The summed E-state index contributed by atoms with van der Waals surface area (Å²) in [7, 11) is 0. The van der Waals surface area contributed by atoms with Crippen molar-refractivity contribution in [3.8, 4) is 0 Å². The molecule has 1 heterocycles. The topological polar surface area (TPSA) is 46.3 Å². The van der Waals surface area contributed by atoms with E-state index in [4.69, 9.17) is 18.0 Å². The highest BCUT2D eigenvalue weighted by Gasteiger charge is 2.21. The molecular weight excluding hydrogens is 275 g/mol. The lowest BCUT2D eigenvalue weighted by Crippen LogP contribution is -2.30. The van der Waals surface area contributed by atoms with Gasteiger partial charge in [-0.25, -0.2) is 4.39 Å². The first-order chi connectivity index (χ1) is 9.47. The molecule has 0 spiro atoms. The summed E-state index contributed by atoms with van der Waals surface area (Å²) in [6.07, 6.45) is 2.41. The van der Waals surface area contributed by atoms with Gasteiger partial charge in [0.15, 0.2) is 0 Å². The highest BCUT2D eigenvalue weighted by atomic mass is 32.1. The standard InChI is InChI=1S/C15H19FN2OS/c1-10-2-5-14(19)18(7-6-10)9-12-8-11(15(17)20)3-4-13(12)16/h3-4,8,10H,2,5-7,9H2,1H3,(H2,17,20). The number of thiocarbonyl (C=S) groups is 1. The normalized spacial score (nSPS) is 19.8. The van der Waals surface area contributed by atoms with E-state index in [2.05, 4.69) is 6.92 Å². The van der Waals surface area contributed by atoms with Gasteiger partial charge in [-0.3, -0.25) is 4.79 Å². The SMILES string of the molecule is CC1CCC(=O)N(Cc2cc(C(N)=S)ccc2F)CC1. The Balaban J connectivity index is 2.18. The molecule has 20 heavy (non-hydrogen) atoms. The first kappa shape index (κ1) is 14.9. The lowest BCUT2D eigenvalue weighted by molar-refractivity contribution is -0.131. The Morgan fingerprint density at radius 1 is 1.50 bits per heavy atom. The number of nitrogens with zero attached hydrogens (tertiary/aromatic N) is 1. The third kappa shape index (κ3) is 3.54. The van der Waals surface area contributed by atoms with Crippen LogP contribution in [0.15, 0.2) is 18.2 Å². The number of likely N-dealkylation sites (tertiary alicyclic amines) is 1. The lowest BCUT2D eigenvalue weighted by atomic mass is 10.0. The molecule has 5 heteroatoms. The Labute approximate surface area is 123 Å². The van der Waals surface area contributed by atoms with Crippen LogP contribution in [0.2, 0.25) is 0 Å². The number of amides is 1. The number of carbonyl (C=O) groups excluding carboxylic acids is 1. The minimum atomic E-state index is -0.324. The molecule has 1 amide bonds.